The molecule has 0 spiro atoms. The Morgan fingerprint density at radius 1 is 0.964 bits per heavy atom. The third-order valence-corrected chi connectivity index (χ3v) is 13.7. The second-order valence-corrected chi connectivity index (χ2v) is 23.1. The molecule has 0 aromatic heterocycles. The summed E-state index contributed by atoms with van der Waals surface area (Å²) < 4.78 is 23.7. The zero-order chi connectivity index (χ0) is 22.2. The Bertz CT molecular complexity index is 455. The van der Waals surface area contributed by atoms with Crippen molar-refractivity contribution in [2.75, 3.05) is 19.8 Å². The molecule has 9 heteroatoms. The first-order chi connectivity index (χ1) is 12.5. The molecule has 0 aromatic carbocycles. The van der Waals surface area contributed by atoms with Crippen molar-refractivity contribution in [2.24, 2.45) is 5.41 Å². The molecule has 6 nitrogen and oxygen atoms in total. The maximum Gasteiger partial charge on any atom is 0.314 e. The average Bonchev–Trinajstić information content (AvgIpc) is 2.48. The second-order valence-electron chi connectivity index (χ2n) is 10.2. The van der Waals surface area contributed by atoms with Gasteiger partial charge in [-0.2, -0.15) is 0 Å². The van der Waals surface area contributed by atoms with E-state index in [4.69, 9.17) is 17.7 Å². The number of esters is 1. The van der Waals surface area contributed by atoms with Crippen molar-refractivity contribution < 1.29 is 27.6 Å². The van der Waals surface area contributed by atoms with E-state index in [9.17, 15) is 9.90 Å². The lowest BCUT2D eigenvalue weighted by Crippen LogP contribution is -2.52. The maximum atomic E-state index is 11.9. The van der Waals surface area contributed by atoms with Crippen LogP contribution in [0, 0.1) is 5.41 Å². The van der Waals surface area contributed by atoms with Gasteiger partial charge in [0.25, 0.3) is 0 Å². The van der Waals surface area contributed by atoms with E-state index in [1.54, 1.807) is 0 Å². The highest BCUT2D eigenvalue weighted by atomic mass is 28.5. The molecular formula is C19H44O6Si3. The summed E-state index contributed by atoms with van der Waals surface area (Å²) in [6.07, 6.45) is 0.712. The highest BCUT2D eigenvalue weighted by molar-refractivity contribution is 6.87. The minimum Gasteiger partial charge on any atom is -0.462 e. The molecule has 1 atom stereocenters. The number of aliphatic hydroxyl groups is 1. The molecule has 0 aliphatic rings. The van der Waals surface area contributed by atoms with Crippen molar-refractivity contribution in [3.63, 3.8) is 0 Å². The first-order valence-electron chi connectivity index (χ1n) is 10.3. The van der Waals surface area contributed by atoms with Gasteiger partial charge in [-0.05, 0) is 78.6 Å². The summed E-state index contributed by atoms with van der Waals surface area (Å²) in [4.78, 5) is 11.9. The van der Waals surface area contributed by atoms with E-state index in [1.807, 2.05) is 20.8 Å². The minimum atomic E-state index is -2.24. The Kier molecular flexibility index (Phi) is 11.4. The molecule has 0 rings (SSSR count). The fourth-order valence-electron chi connectivity index (χ4n) is 2.69. The van der Waals surface area contributed by atoms with Crippen molar-refractivity contribution in [3.8, 4) is 0 Å². The number of ether oxygens (including phenoxy) is 2. The molecule has 1 N–H and O–H groups in total. The number of hydrogen-bond donors (Lipinski definition) is 1. The van der Waals surface area contributed by atoms with E-state index in [0.717, 1.165) is 12.5 Å². The first-order valence-corrected chi connectivity index (χ1v) is 19.7. The minimum absolute atomic E-state index is 0.0355. The smallest absolute Gasteiger partial charge is 0.314 e. The number of carbonyl (C=O) groups is 1. The zero-order valence-corrected chi connectivity index (χ0v) is 22.8. The van der Waals surface area contributed by atoms with Crippen LogP contribution in [-0.4, -0.2) is 62.2 Å². The second kappa shape index (κ2) is 11.4. The third kappa shape index (κ3) is 13.2. The van der Waals surface area contributed by atoms with Crippen molar-refractivity contribution in [1.29, 1.82) is 0 Å². The van der Waals surface area contributed by atoms with Gasteiger partial charge in [-0.25, -0.2) is 0 Å². The van der Waals surface area contributed by atoms with E-state index in [0.29, 0.717) is 13.0 Å². The van der Waals surface area contributed by atoms with Gasteiger partial charge in [0.2, 0.25) is 0 Å². The van der Waals surface area contributed by atoms with Gasteiger partial charge >= 0.3 is 14.5 Å². The van der Waals surface area contributed by atoms with E-state index in [1.165, 1.54) is 0 Å². The lowest BCUT2D eigenvalue weighted by atomic mass is 9.91. The van der Waals surface area contributed by atoms with Crippen molar-refractivity contribution in [2.45, 2.75) is 91.6 Å². The van der Waals surface area contributed by atoms with Gasteiger partial charge in [0.1, 0.15) is 12.7 Å². The predicted molar refractivity (Wildman–Crippen MR) is 122 cm³/mol. The lowest BCUT2D eigenvalue weighted by Gasteiger charge is -2.38. The molecule has 1 unspecified atom stereocenters. The largest absolute Gasteiger partial charge is 0.462 e. The molecule has 168 valence electrons. The van der Waals surface area contributed by atoms with Gasteiger partial charge in [-0.15, -0.1) is 0 Å². The predicted octanol–water partition coefficient (Wildman–Crippen LogP) is 4.51. The monoisotopic (exact) mass is 452 g/mol. The number of rotatable bonds is 14. The van der Waals surface area contributed by atoms with Gasteiger partial charge < -0.3 is 22.8 Å². The van der Waals surface area contributed by atoms with Gasteiger partial charge in [-0.1, -0.05) is 6.92 Å². The van der Waals surface area contributed by atoms with Gasteiger partial charge in [-0.3, -0.25) is 4.79 Å². The Labute approximate surface area is 175 Å². The molecule has 28 heavy (non-hydrogen) atoms. The summed E-state index contributed by atoms with van der Waals surface area (Å²) in [5.41, 5.74) is -0.525. The zero-order valence-electron chi connectivity index (χ0n) is 19.8. The molecule has 0 heterocycles. The molecule has 0 fully saturated rings. The molecule has 0 radical (unpaired) electrons. The van der Waals surface area contributed by atoms with Crippen molar-refractivity contribution in [1.82, 2.24) is 0 Å². The summed E-state index contributed by atoms with van der Waals surface area (Å²) in [7, 11) is -5.62. The number of aliphatic hydroxyl groups excluding tert-OH is 1. The topological polar surface area (TPSA) is 74.2 Å². The summed E-state index contributed by atoms with van der Waals surface area (Å²) in [5.74, 6) is -0.289. The third-order valence-electron chi connectivity index (χ3n) is 4.12. The lowest BCUT2D eigenvalue weighted by molar-refractivity contribution is -0.158. The van der Waals surface area contributed by atoms with Crippen LogP contribution in [0.2, 0.25) is 51.9 Å². The van der Waals surface area contributed by atoms with E-state index < -0.39 is 36.7 Å². The van der Waals surface area contributed by atoms with Crippen LogP contribution in [0.25, 0.3) is 0 Å². The molecule has 0 bridgehead atoms. The highest BCUT2D eigenvalue weighted by Gasteiger charge is 2.39. The average molecular weight is 453 g/mol. The van der Waals surface area contributed by atoms with Gasteiger partial charge in [0.15, 0.2) is 16.6 Å². The standard InChI is InChI=1S/C19H44O6Si3/c1-11-19(2,3)18(21)23-16-17(20)15-22-13-12-14-28(10,24-26(4,5)6)25-27(7,8)9/h17,20H,11-16H2,1-10H3. The van der Waals surface area contributed by atoms with Gasteiger partial charge in [0.05, 0.1) is 12.0 Å². The van der Waals surface area contributed by atoms with E-state index in [-0.39, 0.29) is 19.2 Å². The normalized spacial score (nSPS) is 14.8. The van der Waals surface area contributed by atoms with Crippen LogP contribution < -0.4 is 0 Å². The summed E-state index contributed by atoms with van der Waals surface area (Å²) in [6, 6.07) is 0.872. The van der Waals surface area contributed by atoms with Crippen LogP contribution in [0.4, 0.5) is 0 Å². The SMILES string of the molecule is CCC(C)(C)C(=O)OCC(O)COCCC[Si](C)(O[Si](C)(C)C)O[Si](C)(C)C. The molecular weight excluding hydrogens is 408 g/mol. The fraction of sp³-hybridized carbons (Fsp3) is 0.947. The Morgan fingerprint density at radius 3 is 1.89 bits per heavy atom. The molecule has 0 saturated carbocycles. The quantitative estimate of drug-likeness (QED) is 0.237. The number of hydrogen-bond acceptors (Lipinski definition) is 6. The molecule has 0 aliphatic carbocycles. The Hall–Kier alpha value is -0.0394. The van der Waals surface area contributed by atoms with Crippen LogP contribution in [0.15, 0.2) is 0 Å². The molecule has 0 amide bonds. The van der Waals surface area contributed by atoms with Crippen LogP contribution in [0.3, 0.4) is 0 Å². The fourth-order valence-corrected chi connectivity index (χ4v) is 15.2. The summed E-state index contributed by atoms with van der Waals surface area (Å²) >= 11 is 0. The molecule has 0 aliphatic heterocycles. The maximum absolute atomic E-state index is 11.9. The number of carbonyl (C=O) groups excluding carboxylic acids is 1. The molecule has 0 saturated heterocycles. The van der Waals surface area contributed by atoms with Crippen LogP contribution in [0.1, 0.15) is 33.6 Å². The summed E-state index contributed by atoms with van der Waals surface area (Å²) in [5, 5.41) is 9.97. The van der Waals surface area contributed by atoms with E-state index in [2.05, 4.69) is 45.8 Å². The van der Waals surface area contributed by atoms with Gasteiger partial charge in [0, 0.05) is 6.61 Å². The first kappa shape index (κ1) is 28.0. The summed E-state index contributed by atoms with van der Waals surface area (Å²) in [6.45, 7) is 21.6. The highest BCUT2D eigenvalue weighted by Crippen LogP contribution is 2.25. The van der Waals surface area contributed by atoms with Crippen LogP contribution >= 0.6 is 0 Å². The van der Waals surface area contributed by atoms with Crippen molar-refractivity contribution >= 4 is 31.2 Å². The Balaban J connectivity index is 4.31. The van der Waals surface area contributed by atoms with Crippen LogP contribution in [0.5, 0.6) is 0 Å². The van der Waals surface area contributed by atoms with Crippen molar-refractivity contribution in [3.05, 3.63) is 0 Å². The Morgan fingerprint density at radius 2 is 1.46 bits per heavy atom. The van der Waals surface area contributed by atoms with E-state index >= 15 is 0 Å². The molecule has 0 aromatic rings. The van der Waals surface area contributed by atoms with Crippen LogP contribution in [-0.2, 0) is 22.5 Å².